The minimum absolute atomic E-state index is 0.0380. The summed E-state index contributed by atoms with van der Waals surface area (Å²) in [6, 6.07) is 5.89. The number of aryl methyl sites for hydroxylation is 1. The standard InChI is InChI=1S/C26H34N6O4/c1-16-13-31(25(34)36-26(2,3)4)14-21(16)35-15-19-12-27-30(5)23(19)18-8-9-32-20(10-18)11-22(29-32)28-24(33)17-6-7-17/h8-12,16-17,21H,6-7,13-15H2,1-5H3,(H,28,29,33)/t16-,21+/m0/s1. The number of nitrogens with one attached hydrogen (secondary N) is 1. The molecule has 2 atom stereocenters. The zero-order chi connectivity index (χ0) is 25.6. The SMILES string of the molecule is C[C@H]1CN(C(=O)OC(C)(C)C)C[C@H]1OCc1cnn(C)c1-c1ccn2nc(NC(=O)C3CC3)cc2c1. The van der Waals surface area contributed by atoms with Gasteiger partial charge in [0.1, 0.15) is 5.60 Å². The second-order valence-electron chi connectivity index (χ2n) is 10.9. The molecule has 1 aliphatic heterocycles. The number of carbonyl (C=O) groups excluding carboxylic acids is 2. The Bertz CT molecular complexity index is 1290. The molecule has 1 saturated carbocycles. The van der Waals surface area contributed by atoms with Crippen LogP contribution in [0.5, 0.6) is 0 Å². The highest BCUT2D eigenvalue weighted by Crippen LogP contribution is 2.31. The van der Waals surface area contributed by atoms with Crippen molar-refractivity contribution in [2.45, 2.75) is 58.8 Å². The first kappa shape index (κ1) is 24.3. The highest BCUT2D eigenvalue weighted by atomic mass is 16.6. The Kier molecular flexibility index (Phi) is 6.23. The van der Waals surface area contributed by atoms with E-state index in [0.29, 0.717) is 25.5 Å². The highest BCUT2D eigenvalue weighted by Gasteiger charge is 2.35. The van der Waals surface area contributed by atoms with Crippen LogP contribution in [-0.4, -0.2) is 61.1 Å². The number of rotatable bonds is 6. The number of anilines is 1. The van der Waals surface area contributed by atoms with E-state index < -0.39 is 5.60 Å². The van der Waals surface area contributed by atoms with Crippen LogP contribution in [0.2, 0.25) is 0 Å². The van der Waals surface area contributed by atoms with Gasteiger partial charge < -0.3 is 19.7 Å². The molecule has 0 spiro atoms. The summed E-state index contributed by atoms with van der Waals surface area (Å²) in [5.41, 5.74) is 3.26. The third kappa shape index (κ3) is 5.23. The first-order chi connectivity index (χ1) is 17.1. The minimum atomic E-state index is -0.524. The molecule has 5 rings (SSSR count). The van der Waals surface area contributed by atoms with Crippen LogP contribution in [0, 0.1) is 11.8 Å². The number of pyridine rings is 1. The van der Waals surface area contributed by atoms with Crippen molar-refractivity contribution in [2.75, 3.05) is 18.4 Å². The molecular formula is C26H34N6O4. The van der Waals surface area contributed by atoms with Gasteiger partial charge in [-0.15, -0.1) is 0 Å². The predicted octanol–water partition coefficient (Wildman–Crippen LogP) is 3.86. The molecule has 10 heteroatoms. The number of ether oxygens (including phenoxy) is 2. The van der Waals surface area contributed by atoms with Crippen LogP contribution in [0.15, 0.2) is 30.6 Å². The van der Waals surface area contributed by atoms with Gasteiger partial charge in [-0.3, -0.25) is 9.48 Å². The van der Waals surface area contributed by atoms with Gasteiger partial charge >= 0.3 is 6.09 Å². The molecule has 0 radical (unpaired) electrons. The van der Waals surface area contributed by atoms with Gasteiger partial charge in [0, 0.05) is 48.8 Å². The van der Waals surface area contributed by atoms with Crippen LogP contribution in [0.25, 0.3) is 16.8 Å². The average Bonchev–Trinajstić information content (AvgIpc) is 3.33. The molecule has 0 bridgehead atoms. The summed E-state index contributed by atoms with van der Waals surface area (Å²) in [7, 11) is 1.91. The zero-order valence-electron chi connectivity index (χ0n) is 21.5. The molecule has 2 aliphatic rings. The van der Waals surface area contributed by atoms with Gasteiger partial charge in [-0.1, -0.05) is 6.92 Å². The van der Waals surface area contributed by atoms with Crippen molar-refractivity contribution in [1.82, 2.24) is 24.3 Å². The van der Waals surface area contributed by atoms with Gasteiger partial charge in [-0.05, 0) is 45.7 Å². The van der Waals surface area contributed by atoms with Crippen LogP contribution in [0.4, 0.5) is 10.6 Å². The molecular weight excluding hydrogens is 460 g/mol. The van der Waals surface area contributed by atoms with E-state index in [4.69, 9.17) is 9.47 Å². The summed E-state index contributed by atoms with van der Waals surface area (Å²) in [5.74, 6) is 0.921. The molecule has 3 aromatic rings. The van der Waals surface area contributed by atoms with Crippen molar-refractivity contribution in [1.29, 1.82) is 0 Å². The molecule has 10 nitrogen and oxygen atoms in total. The molecule has 1 N–H and O–H groups in total. The molecule has 36 heavy (non-hydrogen) atoms. The van der Waals surface area contributed by atoms with E-state index in [1.807, 2.05) is 63.1 Å². The average molecular weight is 495 g/mol. The lowest BCUT2D eigenvalue weighted by atomic mass is 10.1. The first-order valence-electron chi connectivity index (χ1n) is 12.5. The number of hydrogen-bond acceptors (Lipinski definition) is 6. The topological polar surface area (TPSA) is 103 Å². The van der Waals surface area contributed by atoms with E-state index in [-0.39, 0.29) is 29.9 Å². The fraction of sp³-hybridized carbons (Fsp3) is 0.538. The molecule has 1 aliphatic carbocycles. The van der Waals surface area contributed by atoms with Crippen molar-refractivity contribution in [3.05, 3.63) is 36.2 Å². The maximum Gasteiger partial charge on any atom is 0.410 e. The number of aromatic nitrogens is 4. The summed E-state index contributed by atoms with van der Waals surface area (Å²) < 4.78 is 15.4. The normalized spacial score (nSPS) is 20.2. The van der Waals surface area contributed by atoms with Crippen molar-refractivity contribution < 1.29 is 19.1 Å². The molecule has 2 fully saturated rings. The summed E-state index contributed by atoms with van der Waals surface area (Å²) >= 11 is 0. The smallest absolute Gasteiger partial charge is 0.410 e. The van der Waals surface area contributed by atoms with Gasteiger partial charge in [0.25, 0.3) is 0 Å². The van der Waals surface area contributed by atoms with Gasteiger partial charge in [-0.2, -0.15) is 10.2 Å². The van der Waals surface area contributed by atoms with E-state index in [1.165, 1.54) is 0 Å². The molecule has 3 aromatic heterocycles. The number of carbonyl (C=O) groups is 2. The Morgan fingerprint density at radius 3 is 2.69 bits per heavy atom. The van der Waals surface area contributed by atoms with Crippen LogP contribution in [-0.2, 0) is 27.9 Å². The van der Waals surface area contributed by atoms with Gasteiger partial charge in [0.05, 0.1) is 36.7 Å². The van der Waals surface area contributed by atoms with E-state index in [1.54, 1.807) is 9.42 Å². The summed E-state index contributed by atoms with van der Waals surface area (Å²) in [6.07, 6.45) is 5.22. The lowest BCUT2D eigenvalue weighted by Gasteiger charge is -2.24. The van der Waals surface area contributed by atoms with Crippen LogP contribution < -0.4 is 5.32 Å². The third-order valence-corrected chi connectivity index (χ3v) is 6.60. The Hall–Kier alpha value is -3.40. The second kappa shape index (κ2) is 9.24. The Labute approximate surface area is 210 Å². The molecule has 4 heterocycles. The number of nitrogens with zero attached hydrogens (tertiary/aromatic N) is 5. The molecule has 1 saturated heterocycles. The number of fused-ring (bicyclic) bond motifs is 1. The minimum Gasteiger partial charge on any atom is -0.444 e. The van der Waals surface area contributed by atoms with Crippen LogP contribution >= 0.6 is 0 Å². The van der Waals surface area contributed by atoms with E-state index >= 15 is 0 Å². The van der Waals surface area contributed by atoms with Crippen LogP contribution in [0.1, 0.15) is 46.1 Å². The van der Waals surface area contributed by atoms with E-state index in [9.17, 15) is 9.59 Å². The summed E-state index contributed by atoms with van der Waals surface area (Å²) in [5, 5.41) is 11.8. The molecule has 192 valence electrons. The first-order valence-corrected chi connectivity index (χ1v) is 12.5. The Balaban J connectivity index is 1.27. The molecule has 0 unspecified atom stereocenters. The molecule has 0 aromatic carbocycles. The number of likely N-dealkylation sites (tertiary alicyclic amines) is 1. The maximum absolute atomic E-state index is 12.5. The van der Waals surface area contributed by atoms with Crippen molar-refractivity contribution in [3.8, 4) is 11.3 Å². The monoisotopic (exact) mass is 494 g/mol. The maximum atomic E-state index is 12.5. The fourth-order valence-electron chi connectivity index (χ4n) is 4.56. The third-order valence-electron chi connectivity index (χ3n) is 6.60. The quantitative estimate of drug-likeness (QED) is 0.558. The van der Waals surface area contributed by atoms with Crippen molar-refractivity contribution >= 4 is 23.3 Å². The summed E-state index contributed by atoms with van der Waals surface area (Å²) in [6.45, 7) is 9.19. The predicted molar refractivity (Wildman–Crippen MR) is 134 cm³/mol. The van der Waals surface area contributed by atoms with Crippen LogP contribution in [0.3, 0.4) is 0 Å². The second-order valence-corrected chi connectivity index (χ2v) is 10.9. The number of amides is 2. The van der Waals surface area contributed by atoms with Crippen molar-refractivity contribution in [2.24, 2.45) is 18.9 Å². The van der Waals surface area contributed by atoms with Crippen molar-refractivity contribution in [3.63, 3.8) is 0 Å². The van der Waals surface area contributed by atoms with E-state index in [2.05, 4.69) is 22.4 Å². The zero-order valence-corrected chi connectivity index (χ0v) is 21.5. The molecule has 2 amide bonds. The largest absolute Gasteiger partial charge is 0.444 e. The van der Waals surface area contributed by atoms with Gasteiger partial charge in [-0.25, -0.2) is 9.31 Å². The van der Waals surface area contributed by atoms with Gasteiger partial charge in [0.15, 0.2) is 5.82 Å². The van der Waals surface area contributed by atoms with E-state index in [0.717, 1.165) is 35.2 Å². The van der Waals surface area contributed by atoms with Gasteiger partial charge in [0.2, 0.25) is 5.91 Å². The fourth-order valence-corrected chi connectivity index (χ4v) is 4.56. The number of hydrogen-bond donors (Lipinski definition) is 1. The highest BCUT2D eigenvalue weighted by molar-refractivity contribution is 5.93. The summed E-state index contributed by atoms with van der Waals surface area (Å²) in [4.78, 5) is 26.3. The lowest BCUT2D eigenvalue weighted by Crippen LogP contribution is -2.36. The Morgan fingerprint density at radius 1 is 1.19 bits per heavy atom. The lowest BCUT2D eigenvalue weighted by molar-refractivity contribution is -0.117. The Morgan fingerprint density at radius 2 is 1.97 bits per heavy atom.